The largest absolute Gasteiger partial charge is 0.388 e. The number of nitrogens with zero attached hydrogens (tertiary/aromatic N) is 3. The van der Waals surface area contributed by atoms with E-state index in [0.29, 0.717) is 58.0 Å². The molecule has 1 aromatic carbocycles. The topological polar surface area (TPSA) is 91.5 Å². The van der Waals surface area contributed by atoms with E-state index < -0.39 is 0 Å². The second-order valence-corrected chi connectivity index (χ2v) is 8.02. The van der Waals surface area contributed by atoms with Gasteiger partial charge in [0, 0.05) is 41.6 Å². The van der Waals surface area contributed by atoms with Crippen molar-refractivity contribution >= 4 is 40.5 Å². The molecule has 0 unspecified atom stereocenters. The number of hydrogen-bond donors (Lipinski definition) is 2. The van der Waals surface area contributed by atoms with Crippen molar-refractivity contribution in [2.45, 2.75) is 20.0 Å². The van der Waals surface area contributed by atoms with Crippen molar-refractivity contribution < 1.29 is 14.4 Å². The summed E-state index contributed by atoms with van der Waals surface area (Å²) in [6.07, 6.45) is 4.26. The summed E-state index contributed by atoms with van der Waals surface area (Å²) in [5.74, 6) is 0.372. The van der Waals surface area contributed by atoms with Gasteiger partial charge in [0.2, 0.25) is 0 Å². The summed E-state index contributed by atoms with van der Waals surface area (Å²) in [5, 5.41) is 17.0. The first-order valence-electron chi connectivity index (χ1n) is 9.68. The molecule has 0 bridgehead atoms. The van der Waals surface area contributed by atoms with Crippen molar-refractivity contribution in [2.24, 2.45) is 0 Å². The van der Waals surface area contributed by atoms with Crippen LogP contribution in [0.15, 0.2) is 47.1 Å². The van der Waals surface area contributed by atoms with E-state index in [9.17, 15) is 4.79 Å². The second-order valence-electron chi connectivity index (χ2n) is 7.21. The fraction of sp³-hybridized carbons (Fsp3) is 0.227. The van der Waals surface area contributed by atoms with Crippen LogP contribution < -0.4 is 5.32 Å². The number of aliphatic hydroxyl groups excluding tert-OH is 1. The van der Waals surface area contributed by atoms with Crippen LogP contribution in [0.3, 0.4) is 0 Å². The molecule has 3 aromatic rings. The van der Waals surface area contributed by atoms with E-state index in [1.165, 1.54) is 0 Å². The summed E-state index contributed by atoms with van der Waals surface area (Å²) in [7, 11) is 0. The van der Waals surface area contributed by atoms with E-state index >= 15 is 0 Å². The number of aryl methyl sites for hydroxylation is 1. The van der Waals surface area contributed by atoms with Crippen molar-refractivity contribution in [1.82, 2.24) is 15.0 Å². The number of aromatic nitrogens is 2. The zero-order valence-corrected chi connectivity index (χ0v) is 18.2. The number of nitrogens with one attached hydrogen (secondary N) is 1. The highest BCUT2D eigenvalue weighted by Crippen LogP contribution is 2.30. The molecule has 2 amide bonds. The second kappa shape index (κ2) is 9.09. The predicted octanol–water partition coefficient (Wildman–Crippen LogP) is 5.17. The highest BCUT2D eigenvalue weighted by atomic mass is 35.5. The normalized spacial score (nSPS) is 13.8. The lowest BCUT2D eigenvalue weighted by atomic mass is 10.0. The molecule has 160 valence electrons. The molecule has 4 rings (SSSR count). The number of carbonyl (C=O) groups is 1. The molecule has 2 aromatic heterocycles. The highest BCUT2D eigenvalue weighted by molar-refractivity contribution is 6.32. The van der Waals surface area contributed by atoms with Gasteiger partial charge in [-0.25, -0.2) is 4.79 Å². The molecule has 0 atom stereocenters. The lowest BCUT2D eigenvalue weighted by molar-refractivity contribution is 0.217. The summed E-state index contributed by atoms with van der Waals surface area (Å²) in [5.41, 5.74) is 4.54. The Morgan fingerprint density at radius 2 is 2.10 bits per heavy atom. The quantitative estimate of drug-likeness (QED) is 0.562. The number of rotatable bonds is 4. The van der Waals surface area contributed by atoms with Crippen LogP contribution in [0.5, 0.6) is 0 Å². The van der Waals surface area contributed by atoms with E-state index in [-0.39, 0.29) is 12.6 Å². The number of urea groups is 1. The number of benzene rings is 1. The fourth-order valence-electron chi connectivity index (χ4n) is 3.28. The molecule has 0 aliphatic carbocycles. The average molecular weight is 459 g/mol. The molecule has 0 spiro atoms. The smallest absolute Gasteiger partial charge is 0.322 e. The number of carbonyl (C=O) groups excluding carboxylic acids is 1. The number of aliphatic hydroxyl groups is 1. The molecule has 7 nitrogen and oxygen atoms in total. The Labute approximate surface area is 189 Å². The van der Waals surface area contributed by atoms with Gasteiger partial charge < -0.3 is 19.8 Å². The van der Waals surface area contributed by atoms with Gasteiger partial charge in [-0.2, -0.15) is 0 Å². The van der Waals surface area contributed by atoms with Crippen LogP contribution in [0, 0.1) is 6.92 Å². The van der Waals surface area contributed by atoms with E-state index in [1.54, 1.807) is 29.3 Å². The first kappa shape index (κ1) is 21.4. The van der Waals surface area contributed by atoms with Crippen molar-refractivity contribution in [3.05, 3.63) is 69.7 Å². The lowest BCUT2D eigenvalue weighted by Crippen LogP contribution is -2.38. The zero-order chi connectivity index (χ0) is 22.0. The Kier molecular flexibility index (Phi) is 6.27. The van der Waals surface area contributed by atoms with Gasteiger partial charge in [0.05, 0.1) is 10.7 Å². The van der Waals surface area contributed by atoms with Crippen LogP contribution in [-0.2, 0) is 6.61 Å². The average Bonchev–Trinajstić information content (AvgIpc) is 3.26. The van der Waals surface area contributed by atoms with Crippen molar-refractivity contribution in [3.63, 3.8) is 0 Å². The first-order valence-corrected chi connectivity index (χ1v) is 10.4. The monoisotopic (exact) mass is 458 g/mol. The van der Waals surface area contributed by atoms with E-state index in [0.717, 1.165) is 11.1 Å². The molecule has 9 heteroatoms. The van der Waals surface area contributed by atoms with Crippen molar-refractivity contribution in [3.8, 4) is 11.3 Å². The summed E-state index contributed by atoms with van der Waals surface area (Å²) in [6, 6.07) is 8.66. The predicted molar refractivity (Wildman–Crippen MR) is 120 cm³/mol. The summed E-state index contributed by atoms with van der Waals surface area (Å²) >= 11 is 12.6. The third kappa shape index (κ3) is 4.74. The van der Waals surface area contributed by atoms with Gasteiger partial charge in [0.1, 0.15) is 12.3 Å². The van der Waals surface area contributed by atoms with Crippen LogP contribution in [0.2, 0.25) is 10.0 Å². The molecule has 2 N–H and O–H groups in total. The van der Waals surface area contributed by atoms with E-state index in [4.69, 9.17) is 32.8 Å². The number of amides is 2. The Bertz CT molecular complexity index is 1160. The minimum atomic E-state index is -0.222. The van der Waals surface area contributed by atoms with Crippen molar-refractivity contribution in [1.29, 1.82) is 0 Å². The zero-order valence-electron chi connectivity index (χ0n) is 16.7. The fourth-order valence-corrected chi connectivity index (χ4v) is 3.75. The number of halogens is 2. The van der Waals surface area contributed by atoms with Crippen LogP contribution >= 0.6 is 23.2 Å². The maximum atomic E-state index is 12.6. The lowest BCUT2D eigenvalue weighted by Gasteiger charge is -2.27. The molecule has 31 heavy (non-hydrogen) atoms. The maximum absolute atomic E-state index is 12.6. The molecule has 3 heterocycles. The highest BCUT2D eigenvalue weighted by Gasteiger charge is 2.20. The van der Waals surface area contributed by atoms with E-state index in [1.807, 2.05) is 25.1 Å². The molecule has 0 radical (unpaired) electrons. The van der Waals surface area contributed by atoms with Gasteiger partial charge in [0.15, 0.2) is 5.76 Å². The van der Waals surface area contributed by atoms with E-state index in [2.05, 4.69) is 15.5 Å². The Balaban J connectivity index is 1.43. The molecular weight excluding hydrogens is 439 g/mol. The maximum Gasteiger partial charge on any atom is 0.322 e. The number of anilines is 1. The Morgan fingerprint density at radius 1 is 1.26 bits per heavy atom. The molecule has 1 aliphatic heterocycles. The molecule has 0 fully saturated rings. The third-order valence-corrected chi connectivity index (χ3v) is 5.77. The number of hydrogen-bond acceptors (Lipinski definition) is 5. The standard InChI is InChI=1S/C22H20Cl2N4O3/c1-13-2-3-16(9-18(13)23)26-22(30)28-6-4-14(5-7-28)21-19(24)8-15(11-25-21)20-10-17(12-29)31-27-20/h2-4,8-11,29H,5-7,12H2,1H3,(H,26,30). The molecule has 1 aliphatic rings. The SMILES string of the molecule is Cc1ccc(NC(=O)N2CC=C(c3ncc(-c4cc(CO)on4)cc3Cl)CC2)cc1Cl. The first-order chi connectivity index (χ1) is 14.9. The minimum absolute atomic E-state index is 0.185. The minimum Gasteiger partial charge on any atom is -0.388 e. The number of pyridine rings is 1. The van der Waals surface area contributed by atoms with Gasteiger partial charge in [-0.05, 0) is 42.7 Å². The van der Waals surface area contributed by atoms with Gasteiger partial charge >= 0.3 is 6.03 Å². The summed E-state index contributed by atoms with van der Waals surface area (Å²) in [4.78, 5) is 18.8. The Morgan fingerprint density at radius 3 is 2.74 bits per heavy atom. The van der Waals surface area contributed by atoms with Crippen LogP contribution in [0.4, 0.5) is 10.5 Å². The van der Waals surface area contributed by atoms with Gasteiger partial charge in [-0.15, -0.1) is 0 Å². The van der Waals surface area contributed by atoms with Crippen LogP contribution in [0.25, 0.3) is 16.8 Å². The summed E-state index contributed by atoms with van der Waals surface area (Å²) in [6.45, 7) is 2.68. The van der Waals surface area contributed by atoms with Gasteiger partial charge in [-0.1, -0.05) is 40.5 Å². The van der Waals surface area contributed by atoms with Crippen LogP contribution in [-0.4, -0.2) is 39.3 Å². The molecule has 0 saturated heterocycles. The Hall–Kier alpha value is -2.87. The third-order valence-electron chi connectivity index (χ3n) is 5.08. The summed E-state index contributed by atoms with van der Waals surface area (Å²) < 4.78 is 5.01. The van der Waals surface area contributed by atoms with Gasteiger partial charge in [0.25, 0.3) is 0 Å². The molecular formula is C22H20Cl2N4O3. The van der Waals surface area contributed by atoms with Gasteiger partial charge in [-0.3, -0.25) is 4.98 Å². The molecule has 0 saturated carbocycles. The van der Waals surface area contributed by atoms with Crippen molar-refractivity contribution in [2.75, 3.05) is 18.4 Å². The van der Waals surface area contributed by atoms with Crippen LogP contribution in [0.1, 0.15) is 23.4 Å².